The summed E-state index contributed by atoms with van der Waals surface area (Å²) in [6.45, 7) is 0. The van der Waals surface area contributed by atoms with Crippen molar-refractivity contribution in [3.8, 4) is 0 Å². The highest BCUT2D eigenvalue weighted by molar-refractivity contribution is 6.30. The van der Waals surface area contributed by atoms with Gasteiger partial charge in [0.2, 0.25) is 0 Å². The normalized spacial score (nSPS) is 10.5. The van der Waals surface area contributed by atoms with Crippen molar-refractivity contribution in [2.24, 2.45) is 7.05 Å². The third kappa shape index (κ3) is 2.27. The molecule has 0 amide bonds. The van der Waals surface area contributed by atoms with Crippen molar-refractivity contribution in [2.75, 3.05) is 5.73 Å². The number of hydrogen-bond acceptors (Lipinski definition) is 3. The van der Waals surface area contributed by atoms with E-state index in [1.54, 1.807) is 17.1 Å². The van der Waals surface area contributed by atoms with E-state index in [4.69, 9.17) is 17.3 Å². The predicted octanol–water partition coefficient (Wildman–Crippen LogP) is 1.64. The summed E-state index contributed by atoms with van der Waals surface area (Å²) in [6.07, 6.45) is 6.00. The van der Waals surface area contributed by atoms with Crippen molar-refractivity contribution in [2.45, 2.75) is 6.42 Å². The maximum atomic E-state index is 5.85. The number of hydrogen-bond donors (Lipinski definition) is 1. The third-order valence-electron chi connectivity index (χ3n) is 2.12. The van der Waals surface area contributed by atoms with Gasteiger partial charge in [-0.2, -0.15) is 5.10 Å². The molecule has 0 spiro atoms. The number of anilines is 1. The first-order valence-electron chi connectivity index (χ1n) is 4.52. The van der Waals surface area contributed by atoms with Crippen LogP contribution in [-0.2, 0) is 13.5 Å². The lowest BCUT2D eigenvalue weighted by atomic mass is 10.1. The van der Waals surface area contributed by atoms with Gasteiger partial charge in [0.05, 0.1) is 11.2 Å². The summed E-state index contributed by atoms with van der Waals surface area (Å²) in [5.41, 5.74) is 7.76. The summed E-state index contributed by atoms with van der Waals surface area (Å²) in [4.78, 5) is 4.00. The van der Waals surface area contributed by atoms with Crippen LogP contribution in [0, 0.1) is 0 Å². The van der Waals surface area contributed by atoms with Crippen molar-refractivity contribution in [1.29, 1.82) is 0 Å². The smallest absolute Gasteiger partial charge is 0.126 e. The number of pyridine rings is 1. The molecule has 2 N–H and O–H groups in total. The molecule has 2 aromatic heterocycles. The van der Waals surface area contributed by atoms with Gasteiger partial charge in [-0.05, 0) is 11.6 Å². The van der Waals surface area contributed by atoms with Crippen LogP contribution >= 0.6 is 11.6 Å². The number of aromatic nitrogens is 3. The van der Waals surface area contributed by atoms with Gasteiger partial charge in [0.1, 0.15) is 5.82 Å². The molecule has 0 aliphatic heterocycles. The summed E-state index contributed by atoms with van der Waals surface area (Å²) in [5.74, 6) is 0.517. The average Bonchev–Trinajstić information content (AvgIpc) is 2.58. The summed E-state index contributed by atoms with van der Waals surface area (Å²) >= 11 is 5.85. The van der Waals surface area contributed by atoms with Crippen molar-refractivity contribution < 1.29 is 0 Å². The highest BCUT2D eigenvalue weighted by atomic mass is 35.5. The molecule has 0 aliphatic rings. The number of rotatable bonds is 2. The van der Waals surface area contributed by atoms with E-state index in [1.165, 1.54) is 0 Å². The lowest BCUT2D eigenvalue weighted by Gasteiger charge is -2.02. The van der Waals surface area contributed by atoms with Crippen LogP contribution in [-0.4, -0.2) is 14.8 Å². The zero-order chi connectivity index (χ0) is 10.8. The molecule has 2 heterocycles. The molecule has 2 rings (SSSR count). The maximum Gasteiger partial charge on any atom is 0.126 e. The van der Waals surface area contributed by atoms with E-state index in [9.17, 15) is 0 Å². The Bertz CT molecular complexity index is 478. The van der Waals surface area contributed by atoms with E-state index >= 15 is 0 Å². The molecule has 0 atom stereocenters. The molecule has 0 aliphatic carbocycles. The first-order chi connectivity index (χ1) is 7.15. The van der Waals surface area contributed by atoms with Gasteiger partial charge in [-0.3, -0.25) is 4.68 Å². The molecule has 0 unspecified atom stereocenters. The Labute approximate surface area is 92.7 Å². The number of aryl methyl sites for hydroxylation is 1. The maximum absolute atomic E-state index is 5.85. The van der Waals surface area contributed by atoms with Crippen LogP contribution < -0.4 is 5.73 Å². The highest BCUT2D eigenvalue weighted by Gasteiger charge is 2.04. The SMILES string of the molecule is Cn1cc(Cc2cc(Cl)cnc2N)cn1. The van der Waals surface area contributed by atoms with E-state index in [0.717, 1.165) is 11.1 Å². The first kappa shape index (κ1) is 9.98. The van der Waals surface area contributed by atoms with Gasteiger partial charge in [-0.25, -0.2) is 4.98 Å². The van der Waals surface area contributed by atoms with Crippen LogP contribution in [0.25, 0.3) is 0 Å². The van der Waals surface area contributed by atoms with Gasteiger partial charge in [0.15, 0.2) is 0 Å². The van der Waals surface area contributed by atoms with E-state index in [-0.39, 0.29) is 0 Å². The van der Waals surface area contributed by atoms with Crippen LogP contribution in [0.4, 0.5) is 5.82 Å². The molecule has 78 valence electrons. The minimum atomic E-state index is 0.517. The molecule has 5 heteroatoms. The van der Waals surface area contributed by atoms with Gasteiger partial charge in [0.25, 0.3) is 0 Å². The van der Waals surface area contributed by atoms with Gasteiger partial charge in [-0.1, -0.05) is 11.6 Å². The van der Waals surface area contributed by atoms with E-state index in [1.807, 2.05) is 19.3 Å². The Hall–Kier alpha value is -1.55. The number of nitrogen functional groups attached to an aromatic ring is 1. The quantitative estimate of drug-likeness (QED) is 0.841. The summed E-state index contributed by atoms with van der Waals surface area (Å²) < 4.78 is 1.75. The second-order valence-corrected chi connectivity index (χ2v) is 3.83. The molecule has 0 radical (unpaired) electrons. The fourth-order valence-corrected chi connectivity index (χ4v) is 1.60. The third-order valence-corrected chi connectivity index (χ3v) is 2.33. The summed E-state index contributed by atoms with van der Waals surface area (Å²) in [5, 5.41) is 4.69. The molecule has 0 bridgehead atoms. The molecular formula is C10H11ClN4. The molecule has 4 nitrogen and oxygen atoms in total. The van der Waals surface area contributed by atoms with Crippen molar-refractivity contribution in [3.63, 3.8) is 0 Å². The standard InChI is InChI=1S/C10H11ClN4/c1-15-6-7(4-14-15)2-8-3-9(11)5-13-10(8)12/h3-6H,2H2,1H3,(H2,12,13). The lowest BCUT2D eigenvalue weighted by molar-refractivity contribution is 0.767. The fraction of sp³-hybridized carbons (Fsp3) is 0.200. The second kappa shape index (κ2) is 3.90. The molecular weight excluding hydrogens is 212 g/mol. The zero-order valence-electron chi connectivity index (χ0n) is 8.31. The van der Waals surface area contributed by atoms with Crippen molar-refractivity contribution in [3.05, 3.63) is 40.8 Å². The Morgan fingerprint density at radius 3 is 2.93 bits per heavy atom. The first-order valence-corrected chi connectivity index (χ1v) is 4.90. The number of nitrogens with zero attached hydrogens (tertiary/aromatic N) is 3. The predicted molar refractivity (Wildman–Crippen MR) is 59.7 cm³/mol. The van der Waals surface area contributed by atoms with Crippen molar-refractivity contribution in [1.82, 2.24) is 14.8 Å². The summed E-state index contributed by atoms with van der Waals surface area (Å²) in [7, 11) is 1.88. The topological polar surface area (TPSA) is 56.7 Å². The Balaban J connectivity index is 2.27. The molecule has 2 aromatic rings. The van der Waals surface area contributed by atoms with E-state index in [0.29, 0.717) is 17.3 Å². The molecule has 0 fully saturated rings. The van der Waals surface area contributed by atoms with Crippen LogP contribution in [0.3, 0.4) is 0 Å². The van der Waals surface area contributed by atoms with Gasteiger partial charge >= 0.3 is 0 Å². The van der Waals surface area contributed by atoms with Crippen LogP contribution in [0.15, 0.2) is 24.7 Å². The number of nitrogens with two attached hydrogens (primary N) is 1. The Kier molecular flexibility index (Phi) is 2.60. The summed E-state index contributed by atoms with van der Waals surface area (Å²) in [6, 6.07) is 1.83. The molecule has 0 aromatic carbocycles. The van der Waals surface area contributed by atoms with Gasteiger partial charge in [-0.15, -0.1) is 0 Å². The zero-order valence-corrected chi connectivity index (χ0v) is 9.07. The van der Waals surface area contributed by atoms with Gasteiger partial charge in [0, 0.05) is 31.4 Å². The van der Waals surface area contributed by atoms with E-state index < -0.39 is 0 Å². The molecule has 15 heavy (non-hydrogen) atoms. The minimum Gasteiger partial charge on any atom is -0.383 e. The monoisotopic (exact) mass is 222 g/mol. The van der Waals surface area contributed by atoms with Gasteiger partial charge < -0.3 is 5.73 Å². The lowest BCUT2D eigenvalue weighted by Crippen LogP contribution is -1.98. The minimum absolute atomic E-state index is 0.517. The van der Waals surface area contributed by atoms with Crippen LogP contribution in [0.1, 0.15) is 11.1 Å². The highest BCUT2D eigenvalue weighted by Crippen LogP contribution is 2.18. The number of halogens is 1. The van der Waals surface area contributed by atoms with Crippen molar-refractivity contribution >= 4 is 17.4 Å². The van der Waals surface area contributed by atoms with Crippen LogP contribution in [0.2, 0.25) is 5.02 Å². The Morgan fingerprint density at radius 2 is 2.27 bits per heavy atom. The fourth-order valence-electron chi connectivity index (χ4n) is 1.42. The largest absolute Gasteiger partial charge is 0.383 e. The van der Waals surface area contributed by atoms with E-state index in [2.05, 4.69) is 10.1 Å². The molecule has 0 saturated heterocycles. The Morgan fingerprint density at radius 1 is 1.47 bits per heavy atom. The molecule has 0 saturated carbocycles. The second-order valence-electron chi connectivity index (χ2n) is 3.40. The average molecular weight is 223 g/mol. The van der Waals surface area contributed by atoms with Crippen LogP contribution in [0.5, 0.6) is 0 Å².